The fraction of sp³-hybridized carbons (Fsp3) is 0.769. The summed E-state index contributed by atoms with van der Waals surface area (Å²) in [6, 6.07) is 1.97. The van der Waals surface area contributed by atoms with E-state index in [9.17, 15) is 0 Å². The molecule has 0 bridgehead atoms. The number of nitrogens with zero attached hydrogens (tertiary/aromatic N) is 1. The van der Waals surface area contributed by atoms with Crippen LogP contribution in [-0.2, 0) is 0 Å². The molecule has 1 aliphatic rings. The van der Waals surface area contributed by atoms with Crippen LogP contribution in [0, 0.1) is 6.92 Å². The normalized spacial score (nSPS) is 17.8. The van der Waals surface area contributed by atoms with Gasteiger partial charge < -0.3 is 10.1 Å². The quantitative estimate of drug-likeness (QED) is 0.716. The van der Waals surface area contributed by atoms with Gasteiger partial charge in [-0.25, -0.2) is 0 Å². The lowest BCUT2D eigenvalue weighted by Crippen LogP contribution is -2.45. The molecular formula is C13H23N3O. The first-order valence-corrected chi connectivity index (χ1v) is 6.66. The van der Waals surface area contributed by atoms with Crippen molar-refractivity contribution >= 4 is 0 Å². The fourth-order valence-electron chi connectivity index (χ4n) is 2.26. The molecule has 1 saturated carbocycles. The largest absolute Gasteiger partial charge is 0.470 e. The molecule has 1 aromatic heterocycles. The highest BCUT2D eigenvalue weighted by molar-refractivity contribution is 5.14. The standard InChI is InChI=1S/C13H23N3O/c1-3-8-14-9-7-13(5-4-6-13)17-12-10-11(2)15-16-12/h10,14H,3-9H2,1-2H3,(H,15,16). The second-order valence-corrected chi connectivity index (χ2v) is 5.03. The number of hydrogen-bond donors (Lipinski definition) is 2. The Kier molecular flexibility index (Phi) is 4.05. The van der Waals surface area contributed by atoms with Crippen molar-refractivity contribution in [2.45, 2.75) is 51.6 Å². The first-order valence-electron chi connectivity index (χ1n) is 6.66. The maximum Gasteiger partial charge on any atom is 0.233 e. The van der Waals surface area contributed by atoms with Crippen molar-refractivity contribution in [1.29, 1.82) is 0 Å². The van der Waals surface area contributed by atoms with Gasteiger partial charge in [-0.15, -0.1) is 5.10 Å². The average Bonchev–Trinajstić information content (AvgIpc) is 2.66. The molecule has 0 atom stereocenters. The van der Waals surface area contributed by atoms with Crippen LogP contribution in [0.15, 0.2) is 6.07 Å². The molecule has 0 amide bonds. The summed E-state index contributed by atoms with van der Waals surface area (Å²) in [5, 5.41) is 10.5. The second kappa shape index (κ2) is 5.54. The zero-order chi connectivity index (χ0) is 12.1. The maximum absolute atomic E-state index is 6.06. The predicted octanol–water partition coefficient (Wildman–Crippen LogP) is 2.41. The lowest BCUT2D eigenvalue weighted by atomic mass is 9.77. The van der Waals surface area contributed by atoms with Crippen LogP contribution in [0.1, 0.15) is 44.7 Å². The summed E-state index contributed by atoms with van der Waals surface area (Å²) in [7, 11) is 0. The number of rotatable bonds is 7. The van der Waals surface area contributed by atoms with Gasteiger partial charge in [0.25, 0.3) is 0 Å². The van der Waals surface area contributed by atoms with Gasteiger partial charge in [-0.1, -0.05) is 6.92 Å². The Labute approximate surface area is 103 Å². The van der Waals surface area contributed by atoms with Crippen molar-refractivity contribution in [1.82, 2.24) is 15.5 Å². The lowest BCUT2D eigenvalue weighted by molar-refractivity contribution is -0.0178. The van der Waals surface area contributed by atoms with E-state index in [2.05, 4.69) is 22.4 Å². The topological polar surface area (TPSA) is 49.9 Å². The second-order valence-electron chi connectivity index (χ2n) is 5.03. The monoisotopic (exact) mass is 237 g/mol. The molecule has 0 aromatic carbocycles. The summed E-state index contributed by atoms with van der Waals surface area (Å²) >= 11 is 0. The number of H-pyrrole nitrogens is 1. The SMILES string of the molecule is CCCNCCC1(Oc2cc(C)[nH]n2)CCC1. The van der Waals surface area contributed by atoms with Gasteiger partial charge in [0.1, 0.15) is 5.60 Å². The van der Waals surface area contributed by atoms with Crippen molar-refractivity contribution in [2.75, 3.05) is 13.1 Å². The van der Waals surface area contributed by atoms with Crippen LogP contribution in [0.4, 0.5) is 0 Å². The van der Waals surface area contributed by atoms with E-state index in [1.54, 1.807) is 0 Å². The molecule has 96 valence electrons. The molecule has 1 aromatic rings. The minimum Gasteiger partial charge on any atom is -0.470 e. The zero-order valence-electron chi connectivity index (χ0n) is 10.9. The highest BCUT2D eigenvalue weighted by Gasteiger charge is 2.39. The first kappa shape index (κ1) is 12.4. The van der Waals surface area contributed by atoms with Gasteiger partial charge in [-0.3, -0.25) is 5.10 Å². The summed E-state index contributed by atoms with van der Waals surface area (Å²) in [5.41, 5.74) is 1.10. The van der Waals surface area contributed by atoms with E-state index in [1.165, 1.54) is 12.8 Å². The van der Waals surface area contributed by atoms with Crippen LogP contribution >= 0.6 is 0 Å². The summed E-state index contributed by atoms with van der Waals surface area (Å²) in [4.78, 5) is 0. The predicted molar refractivity (Wildman–Crippen MR) is 68.3 cm³/mol. The van der Waals surface area contributed by atoms with Gasteiger partial charge in [-0.2, -0.15) is 0 Å². The number of aromatic amines is 1. The van der Waals surface area contributed by atoms with Gasteiger partial charge in [0, 0.05) is 11.8 Å². The highest BCUT2D eigenvalue weighted by Crippen LogP contribution is 2.38. The number of aromatic nitrogens is 2. The molecule has 0 saturated heterocycles. The van der Waals surface area contributed by atoms with Crippen LogP contribution in [0.5, 0.6) is 5.88 Å². The van der Waals surface area contributed by atoms with Gasteiger partial charge in [0.2, 0.25) is 5.88 Å². The van der Waals surface area contributed by atoms with E-state index in [4.69, 9.17) is 4.74 Å². The fourth-order valence-corrected chi connectivity index (χ4v) is 2.26. The number of aryl methyl sites for hydroxylation is 1. The minimum atomic E-state index is 0.0440. The Bertz CT molecular complexity index is 344. The van der Waals surface area contributed by atoms with E-state index in [0.29, 0.717) is 0 Å². The Morgan fingerprint density at radius 1 is 1.47 bits per heavy atom. The molecule has 17 heavy (non-hydrogen) atoms. The van der Waals surface area contributed by atoms with Crippen LogP contribution in [0.25, 0.3) is 0 Å². The first-order chi connectivity index (χ1) is 8.24. The third kappa shape index (κ3) is 3.22. The molecule has 4 nitrogen and oxygen atoms in total. The summed E-state index contributed by atoms with van der Waals surface area (Å²) in [5.74, 6) is 0.748. The lowest BCUT2D eigenvalue weighted by Gasteiger charge is -2.41. The molecule has 1 fully saturated rings. The highest BCUT2D eigenvalue weighted by atomic mass is 16.5. The molecule has 2 N–H and O–H groups in total. The van der Waals surface area contributed by atoms with E-state index < -0.39 is 0 Å². The van der Waals surface area contributed by atoms with E-state index in [-0.39, 0.29) is 5.60 Å². The minimum absolute atomic E-state index is 0.0440. The zero-order valence-corrected chi connectivity index (χ0v) is 10.9. The van der Waals surface area contributed by atoms with Crippen molar-refractivity contribution in [3.05, 3.63) is 11.8 Å². The summed E-state index contributed by atoms with van der Waals surface area (Å²) < 4.78 is 6.06. The molecule has 2 rings (SSSR count). The van der Waals surface area contributed by atoms with Crippen LogP contribution in [0.3, 0.4) is 0 Å². The summed E-state index contributed by atoms with van der Waals surface area (Å²) in [6.45, 7) is 6.32. The third-order valence-electron chi connectivity index (χ3n) is 3.45. The molecule has 0 aliphatic heterocycles. The van der Waals surface area contributed by atoms with E-state index in [0.717, 1.165) is 43.9 Å². The van der Waals surface area contributed by atoms with Gasteiger partial charge >= 0.3 is 0 Å². The summed E-state index contributed by atoms with van der Waals surface area (Å²) in [6.07, 6.45) is 5.86. The molecule has 0 radical (unpaired) electrons. The third-order valence-corrected chi connectivity index (χ3v) is 3.45. The van der Waals surface area contributed by atoms with Gasteiger partial charge in [0.05, 0.1) is 0 Å². The average molecular weight is 237 g/mol. The van der Waals surface area contributed by atoms with Gasteiger partial charge in [-0.05, 0) is 52.1 Å². The number of nitrogens with one attached hydrogen (secondary N) is 2. The Balaban J connectivity index is 1.82. The van der Waals surface area contributed by atoms with Crippen LogP contribution < -0.4 is 10.1 Å². The van der Waals surface area contributed by atoms with Crippen molar-refractivity contribution in [2.24, 2.45) is 0 Å². The molecule has 1 heterocycles. The molecule has 0 spiro atoms. The molecule has 1 aliphatic carbocycles. The van der Waals surface area contributed by atoms with Gasteiger partial charge in [0.15, 0.2) is 0 Å². The Morgan fingerprint density at radius 3 is 2.82 bits per heavy atom. The van der Waals surface area contributed by atoms with E-state index >= 15 is 0 Å². The Hall–Kier alpha value is -1.03. The number of hydrogen-bond acceptors (Lipinski definition) is 3. The van der Waals surface area contributed by atoms with E-state index in [1.807, 2.05) is 13.0 Å². The maximum atomic E-state index is 6.06. The van der Waals surface area contributed by atoms with Crippen LogP contribution in [0.2, 0.25) is 0 Å². The van der Waals surface area contributed by atoms with Crippen molar-refractivity contribution in [3.63, 3.8) is 0 Å². The molecule has 4 heteroatoms. The molecule has 0 unspecified atom stereocenters. The smallest absolute Gasteiger partial charge is 0.233 e. The van der Waals surface area contributed by atoms with Crippen LogP contribution in [-0.4, -0.2) is 28.9 Å². The Morgan fingerprint density at radius 2 is 2.29 bits per heavy atom. The molecular weight excluding hydrogens is 214 g/mol. The number of ether oxygens (including phenoxy) is 1. The van der Waals surface area contributed by atoms with Crippen molar-refractivity contribution < 1.29 is 4.74 Å². The van der Waals surface area contributed by atoms with Crippen molar-refractivity contribution in [3.8, 4) is 5.88 Å².